The molecule has 1 fully saturated rings. The Morgan fingerprint density at radius 1 is 1.25 bits per heavy atom. The average Bonchev–Trinajstić information content (AvgIpc) is 3.46. The van der Waals surface area contributed by atoms with Gasteiger partial charge in [-0.3, -0.25) is 14.3 Å². The number of hydrogen-bond donors (Lipinski definition) is 4. The summed E-state index contributed by atoms with van der Waals surface area (Å²) in [5.41, 5.74) is 0.949. The highest BCUT2D eigenvalue weighted by Gasteiger charge is 2.47. The van der Waals surface area contributed by atoms with Gasteiger partial charge in [-0.1, -0.05) is 23.7 Å². The molecule has 0 radical (unpaired) electrons. The van der Waals surface area contributed by atoms with Gasteiger partial charge in [0.05, 0.1) is 11.3 Å². The Morgan fingerprint density at radius 3 is 2.83 bits per heavy atom. The Balaban J connectivity index is 1.51. The zero-order chi connectivity index (χ0) is 31.1. The molecule has 4 N–H and O–H groups in total. The van der Waals surface area contributed by atoms with Crippen molar-refractivity contribution < 1.29 is 41.8 Å². The third-order valence-corrected chi connectivity index (χ3v) is 6.08. The quantitative estimate of drug-likeness (QED) is 0.255. The number of benzene rings is 1. The zero-order valence-corrected chi connectivity index (χ0v) is 20.8. The van der Waals surface area contributed by atoms with Crippen molar-refractivity contribution in [1.82, 2.24) is 29.8 Å². The first kappa shape index (κ1) is 23.8. The molecule has 4 aromatic rings. The van der Waals surface area contributed by atoms with E-state index in [2.05, 4.69) is 30.0 Å². The summed E-state index contributed by atoms with van der Waals surface area (Å²) in [6, 6.07) is 6.81. The second-order valence-electron chi connectivity index (χ2n) is 8.58. The number of halogens is 4. The maximum Gasteiger partial charge on any atom is 0.573 e. The molecule has 40 heavy (non-hydrogen) atoms. The van der Waals surface area contributed by atoms with Gasteiger partial charge in [-0.05, 0) is 23.8 Å². The van der Waals surface area contributed by atoms with Crippen molar-refractivity contribution >= 4 is 34.5 Å². The molecule has 1 aromatic carbocycles. The highest BCUT2D eigenvalue weighted by Crippen LogP contribution is 2.34. The fourth-order valence-electron chi connectivity index (χ4n) is 4.10. The zero-order valence-electron chi connectivity index (χ0n) is 23.0. The number of aliphatic hydroxyl groups excluding tert-OH is 2. The Labute approximate surface area is 233 Å². The van der Waals surface area contributed by atoms with Crippen LogP contribution in [-0.4, -0.2) is 72.3 Å². The van der Waals surface area contributed by atoms with Gasteiger partial charge in [0.25, 0.3) is 5.91 Å². The summed E-state index contributed by atoms with van der Waals surface area (Å²) in [4.78, 5) is 29.7. The lowest BCUT2D eigenvalue weighted by atomic mass is 10.1. The first-order valence-electron chi connectivity index (χ1n) is 13.0. The fourth-order valence-corrected chi connectivity index (χ4v) is 4.28. The van der Waals surface area contributed by atoms with Gasteiger partial charge < -0.3 is 30.3 Å². The molecule has 210 valence electrons. The number of imidazole rings is 1. The van der Waals surface area contributed by atoms with E-state index < -0.39 is 49.5 Å². The Bertz CT molecular complexity index is 1660. The van der Waals surface area contributed by atoms with Crippen molar-refractivity contribution in [1.29, 1.82) is 0 Å². The lowest BCUT2D eigenvalue weighted by Gasteiger charge is -2.17. The number of pyridine rings is 1. The molecule has 12 nitrogen and oxygen atoms in total. The summed E-state index contributed by atoms with van der Waals surface area (Å²) in [6.45, 7) is -2.89. The second-order valence-corrected chi connectivity index (χ2v) is 9.01. The summed E-state index contributed by atoms with van der Waals surface area (Å²) in [7, 11) is 0. The van der Waals surface area contributed by atoms with Crippen LogP contribution >= 0.6 is 11.6 Å². The largest absolute Gasteiger partial charge is 0.573 e. The van der Waals surface area contributed by atoms with Crippen molar-refractivity contribution in [3.8, 4) is 17.1 Å². The lowest BCUT2D eigenvalue weighted by molar-refractivity contribution is -0.274. The Morgan fingerprint density at radius 2 is 2.08 bits per heavy atom. The van der Waals surface area contributed by atoms with E-state index in [0.29, 0.717) is 11.1 Å². The van der Waals surface area contributed by atoms with Crippen molar-refractivity contribution in [3.63, 3.8) is 0 Å². The molecule has 4 atom stereocenters. The molecular weight excluding hydrogens is 559 g/mol. The van der Waals surface area contributed by atoms with E-state index >= 15 is 0 Å². The van der Waals surface area contributed by atoms with Crippen LogP contribution in [-0.2, 0) is 16.1 Å². The molecule has 16 heteroatoms. The molecule has 1 aliphatic rings. The standard InChI is InChI=1S/C24H21ClF3N7O5/c1-29-22(38)18-16(36)17(37)23(39-18)35-10-32-15-20(31-7-11-3-2-4-14(5-11)40-24(26,27)28)33-19(34-21(15)35)12-6-13(25)9-30-8-12/h2-6,8-10,16-18,23,36-37H,7H2,1H3,(H,29,38)(H,31,33,34)/t16-,17+,18-,23+/m0/s1/i1D3. The van der Waals surface area contributed by atoms with E-state index in [9.17, 15) is 28.2 Å². The van der Waals surface area contributed by atoms with Crippen LogP contribution < -0.4 is 15.4 Å². The molecule has 0 aliphatic carbocycles. The average molecular weight is 583 g/mol. The van der Waals surface area contributed by atoms with Crippen LogP contribution in [0.4, 0.5) is 19.0 Å². The van der Waals surface area contributed by atoms with Gasteiger partial charge in [0.2, 0.25) is 0 Å². The summed E-state index contributed by atoms with van der Waals surface area (Å²) in [6.07, 6.45) is -7.53. The summed E-state index contributed by atoms with van der Waals surface area (Å²) >= 11 is 6.09. The number of aromatic nitrogens is 5. The Kier molecular flexibility index (Phi) is 6.45. The number of rotatable bonds is 7. The van der Waals surface area contributed by atoms with E-state index in [1.807, 2.05) is 0 Å². The molecule has 5 rings (SSSR count). The minimum absolute atomic E-state index is 0.0279. The number of carbonyl (C=O) groups excluding carboxylic acids is 1. The number of hydrogen-bond acceptors (Lipinski definition) is 10. The van der Waals surface area contributed by atoms with Crippen LogP contribution in [0.3, 0.4) is 0 Å². The number of likely N-dealkylation sites (N-methyl/N-ethyl adjacent to an activating group) is 1. The van der Waals surface area contributed by atoms with Crippen molar-refractivity contribution in [3.05, 3.63) is 59.6 Å². The number of aliphatic hydroxyl groups is 2. The van der Waals surface area contributed by atoms with Crippen LogP contribution in [0.15, 0.2) is 49.1 Å². The topological polar surface area (TPSA) is 157 Å². The summed E-state index contributed by atoms with van der Waals surface area (Å²) in [5, 5.41) is 26.2. The molecule has 1 amide bonds. The summed E-state index contributed by atoms with van der Waals surface area (Å²) < 4.78 is 70.5. The first-order valence-corrected chi connectivity index (χ1v) is 11.8. The maximum absolute atomic E-state index is 12.7. The highest BCUT2D eigenvalue weighted by molar-refractivity contribution is 6.30. The molecule has 3 aromatic heterocycles. The second kappa shape index (κ2) is 10.8. The van der Waals surface area contributed by atoms with Gasteiger partial charge in [0.1, 0.15) is 18.0 Å². The number of ether oxygens (including phenoxy) is 2. The van der Waals surface area contributed by atoms with Gasteiger partial charge in [-0.15, -0.1) is 13.2 Å². The number of fused-ring (bicyclic) bond motifs is 1. The van der Waals surface area contributed by atoms with Crippen molar-refractivity contribution in [2.75, 3.05) is 12.3 Å². The predicted molar refractivity (Wildman–Crippen MR) is 134 cm³/mol. The van der Waals surface area contributed by atoms with E-state index in [4.69, 9.17) is 20.5 Å². The SMILES string of the molecule is [2H]C([2H])([2H])NC(=O)[C@H]1O[C@@H](n2cnc3c(NCc4cccc(OC(F)(F)F)c4)nc(-c4cncc(Cl)c4)nc32)[C@H](O)[C@@H]1O. The molecule has 0 bridgehead atoms. The van der Waals surface area contributed by atoms with Crippen LogP contribution in [0.5, 0.6) is 5.75 Å². The van der Waals surface area contributed by atoms with Crippen LogP contribution in [0, 0.1) is 0 Å². The van der Waals surface area contributed by atoms with Gasteiger partial charge in [-0.2, -0.15) is 0 Å². The van der Waals surface area contributed by atoms with E-state index in [1.54, 1.807) is 11.4 Å². The minimum atomic E-state index is -4.87. The van der Waals surface area contributed by atoms with E-state index in [-0.39, 0.29) is 34.4 Å². The van der Waals surface area contributed by atoms with Gasteiger partial charge >= 0.3 is 6.36 Å². The third kappa shape index (κ3) is 5.62. The Hall–Kier alpha value is -4.05. The number of amides is 1. The number of carbonyl (C=O) groups is 1. The monoisotopic (exact) mass is 582 g/mol. The van der Waals surface area contributed by atoms with Crippen LogP contribution in [0.25, 0.3) is 22.6 Å². The van der Waals surface area contributed by atoms with Crippen LogP contribution in [0.1, 0.15) is 15.9 Å². The molecule has 0 saturated carbocycles. The van der Waals surface area contributed by atoms with E-state index in [0.717, 1.165) is 6.07 Å². The van der Waals surface area contributed by atoms with Gasteiger partial charge in [0.15, 0.2) is 35.1 Å². The van der Waals surface area contributed by atoms with Gasteiger partial charge in [0, 0.05) is 35.6 Å². The maximum atomic E-state index is 12.7. The van der Waals surface area contributed by atoms with E-state index in [1.165, 1.54) is 41.5 Å². The number of nitrogens with zero attached hydrogens (tertiary/aromatic N) is 5. The van der Waals surface area contributed by atoms with Gasteiger partial charge in [-0.25, -0.2) is 15.0 Å². The molecule has 1 aliphatic heterocycles. The number of alkyl halides is 3. The lowest BCUT2D eigenvalue weighted by Crippen LogP contribution is -2.41. The van der Waals surface area contributed by atoms with Crippen LogP contribution in [0.2, 0.25) is 5.02 Å². The number of nitrogens with one attached hydrogen (secondary N) is 2. The third-order valence-electron chi connectivity index (χ3n) is 5.87. The summed E-state index contributed by atoms with van der Waals surface area (Å²) in [5.74, 6) is -1.40. The van der Waals surface area contributed by atoms with Crippen molar-refractivity contribution in [2.45, 2.75) is 37.4 Å². The predicted octanol–water partition coefficient (Wildman–Crippen LogP) is 2.42. The fraction of sp³-hybridized carbons (Fsp3) is 0.292. The number of anilines is 1. The molecular formula is C24H21ClF3N7O5. The molecule has 0 spiro atoms. The molecule has 1 saturated heterocycles. The van der Waals surface area contributed by atoms with Crippen molar-refractivity contribution in [2.24, 2.45) is 0 Å². The first-order chi connectivity index (χ1) is 20.2. The minimum Gasteiger partial charge on any atom is -0.406 e. The smallest absolute Gasteiger partial charge is 0.406 e. The molecule has 4 heterocycles. The highest BCUT2D eigenvalue weighted by atomic mass is 35.5. The normalized spacial score (nSPS) is 22.4. The molecule has 0 unspecified atom stereocenters.